The lowest BCUT2D eigenvalue weighted by atomic mass is 10.3. The molecular formula is C5H9N3S. The normalized spacial score (nSPS) is 9.89. The summed E-state index contributed by atoms with van der Waals surface area (Å²) in [6.45, 7) is 0.736. The van der Waals surface area contributed by atoms with Crippen LogP contribution in [0.2, 0.25) is 0 Å². The van der Waals surface area contributed by atoms with Crippen LogP contribution in [0, 0.1) is 0 Å². The van der Waals surface area contributed by atoms with Gasteiger partial charge in [-0.05, 0) is 24.5 Å². The lowest BCUT2D eigenvalue weighted by Crippen LogP contribution is -1.99. The van der Waals surface area contributed by atoms with E-state index in [0.29, 0.717) is 0 Å². The summed E-state index contributed by atoms with van der Waals surface area (Å²) in [6, 6.07) is 0. The average molecular weight is 143 g/mol. The van der Waals surface area contributed by atoms with Crippen LogP contribution in [-0.2, 0) is 6.42 Å². The molecule has 0 bridgehead atoms. The van der Waals surface area contributed by atoms with Crippen LogP contribution in [0.15, 0.2) is 6.33 Å². The lowest BCUT2D eigenvalue weighted by molar-refractivity contribution is 0.826. The zero-order chi connectivity index (χ0) is 6.53. The van der Waals surface area contributed by atoms with Crippen LogP contribution in [0.5, 0.6) is 0 Å². The molecule has 0 fully saturated rings. The highest BCUT2D eigenvalue weighted by Crippen LogP contribution is 2.01. The van der Waals surface area contributed by atoms with Crippen molar-refractivity contribution in [2.75, 3.05) is 6.54 Å². The van der Waals surface area contributed by atoms with Gasteiger partial charge in [0.25, 0.3) is 0 Å². The maximum absolute atomic E-state index is 5.30. The maximum atomic E-state index is 5.30. The number of aromatic nitrogens is 2. The molecule has 3 nitrogen and oxygen atoms in total. The van der Waals surface area contributed by atoms with Crippen molar-refractivity contribution in [2.45, 2.75) is 12.8 Å². The van der Waals surface area contributed by atoms with Crippen molar-refractivity contribution >= 4 is 11.5 Å². The van der Waals surface area contributed by atoms with Crippen LogP contribution < -0.4 is 5.73 Å². The van der Waals surface area contributed by atoms with Crippen LogP contribution in [-0.4, -0.2) is 15.9 Å². The van der Waals surface area contributed by atoms with Crippen molar-refractivity contribution in [1.29, 1.82) is 0 Å². The summed E-state index contributed by atoms with van der Waals surface area (Å²) >= 11 is 1.45. The molecule has 0 aromatic carbocycles. The highest BCUT2D eigenvalue weighted by Gasteiger charge is 1.92. The molecule has 1 heterocycles. The topological polar surface area (TPSA) is 51.8 Å². The number of nitrogens with zero attached hydrogens (tertiary/aromatic N) is 2. The molecule has 0 saturated carbocycles. The molecule has 1 aromatic heterocycles. The van der Waals surface area contributed by atoms with Gasteiger partial charge in [0.2, 0.25) is 0 Å². The summed E-state index contributed by atoms with van der Waals surface area (Å²) < 4.78 is 3.86. The Labute approximate surface area is 58.1 Å². The second-order valence-electron chi connectivity index (χ2n) is 1.73. The second-order valence-corrected chi connectivity index (χ2v) is 2.59. The predicted octanol–water partition coefficient (Wildman–Crippen LogP) is 0.429. The molecule has 0 atom stereocenters. The first-order chi connectivity index (χ1) is 4.43. The van der Waals surface area contributed by atoms with Crippen molar-refractivity contribution < 1.29 is 0 Å². The molecule has 1 aromatic rings. The molecule has 1 rings (SSSR count). The Balaban J connectivity index is 2.30. The van der Waals surface area contributed by atoms with Gasteiger partial charge in [-0.2, -0.15) is 4.37 Å². The van der Waals surface area contributed by atoms with Gasteiger partial charge in [0.15, 0.2) is 0 Å². The Morgan fingerprint density at radius 1 is 1.67 bits per heavy atom. The number of hydrogen-bond acceptors (Lipinski definition) is 4. The molecule has 4 heteroatoms. The summed E-state index contributed by atoms with van der Waals surface area (Å²) in [5.41, 5.74) is 5.30. The Hall–Kier alpha value is -0.480. The summed E-state index contributed by atoms with van der Waals surface area (Å²) in [5.74, 6) is 0. The van der Waals surface area contributed by atoms with E-state index in [4.69, 9.17) is 5.73 Å². The smallest absolute Gasteiger partial charge is 0.129 e. The predicted molar refractivity (Wildman–Crippen MR) is 37.3 cm³/mol. The lowest BCUT2D eigenvalue weighted by Gasteiger charge is -1.88. The van der Waals surface area contributed by atoms with Gasteiger partial charge in [0, 0.05) is 6.42 Å². The monoisotopic (exact) mass is 143 g/mol. The molecular weight excluding hydrogens is 134 g/mol. The number of rotatable bonds is 3. The third-order valence-electron chi connectivity index (χ3n) is 1.00. The van der Waals surface area contributed by atoms with E-state index >= 15 is 0 Å². The van der Waals surface area contributed by atoms with E-state index in [-0.39, 0.29) is 0 Å². The fraction of sp³-hybridized carbons (Fsp3) is 0.600. The number of aryl methyl sites for hydroxylation is 1. The zero-order valence-corrected chi connectivity index (χ0v) is 5.90. The number of hydrogen-bond donors (Lipinski definition) is 1. The molecule has 0 aliphatic rings. The Bertz CT molecular complexity index is 149. The van der Waals surface area contributed by atoms with E-state index in [0.717, 1.165) is 24.4 Å². The second kappa shape index (κ2) is 3.53. The molecule has 2 N–H and O–H groups in total. The van der Waals surface area contributed by atoms with Crippen LogP contribution in [0.25, 0.3) is 0 Å². The van der Waals surface area contributed by atoms with E-state index in [1.165, 1.54) is 11.5 Å². The maximum Gasteiger partial charge on any atom is 0.129 e. The van der Waals surface area contributed by atoms with Crippen LogP contribution >= 0.6 is 11.5 Å². The fourth-order valence-corrected chi connectivity index (χ4v) is 1.11. The van der Waals surface area contributed by atoms with Gasteiger partial charge in [-0.1, -0.05) is 0 Å². The van der Waals surface area contributed by atoms with Gasteiger partial charge < -0.3 is 5.73 Å². The zero-order valence-electron chi connectivity index (χ0n) is 5.08. The first kappa shape index (κ1) is 6.64. The molecule has 0 radical (unpaired) electrons. The van der Waals surface area contributed by atoms with Crippen molar-refractivity contribution in [3.05, 3.63) is 11.3 Å². The Morgan fingerprint density at radius 3 is 3.11 bits per heavy atom. The number of nitrogens with two attached hydrogens (primary N) is 1. The van der Waals surface area contributed by atoms with Gasteiger partial charge >= 0.3 is 0 Å². The highest BCUT2D eigenvalue weighted by molar-refractivity contribution is 7.05. The van der Waals surface area contributed by atoms with Crippen LogP contribution in [0.4, 0.5) is 0 Å². The molecule has 0 aliphatic heterocycles. The van der Waals surface area contributed by atoms with E-state index < -0.39 is 0 Å². The summed E-state index contributed by atoms with van der Waals surface area (Å²) in [6.07, 6.45) is 3.56. The standard InChI is InChI=1S/C5H9N3S/c6-3-1-2-5-7-4-8-9-5/h4H,1-3,6H2. The van der Waals surface area contributed by atoms with Crippen molar-refractivity contribution in [3.8, 4) is 0 Å². The van der Waals surface area contributed by atoms with Crippen molar-refractivity contribution in [2.24, 2.45) is 5.73 Å². The molecule has 9 heavy (non-hydrogen) atoms. The van der Waals surface area contributed by atoms with E-state index in [1.54, 1.807) is 6.33 Å². The molecule has 0 amide bonds. The third-order valence-corrected chi connectivity index (χ3v) is 1.72. The van der Waals surface area contributed by atoms with E-state index in [9.17, 15) is 0 Å². The summed E-state index contributed by atoms with van der Waals surface area (Å²) in [5, 5.41) is 1.08. The first-order valence-electron chi connectivity index (χ1n) is 2.89. The SMILES string of the molecule is NCCCc1ncns1. The summed E-state index contributed by atoms with van der Waals surface area (Å²) in [4.78, 5) is 4.01. The molecule has 0 unspecified atom stereocenters. The van der Waals surface area contributed by atoms with Crippen molar-refractivity contribution in [1.82, 2.24) is 9.36 Å². The van der Waals surface area contributed by atoms with E-state index in [2.05, 4.69) is 9.36 Å². The first-order valence-corrected chi connectivity index (χ1v) is 3.66. The minimum atomic E-state index is 0.736. The van der Waals surface area contributed by atoms with Gasteiger partial charge in [0.1, 0.15) is 11.3 Å². The molecule has 0 spiro atoms. The van der Waals surface area contributed by atoms with Gasteiger partial charge in [-0.25, -0.2) is 4.98 Å². The highest BCUT2D eigenvalue weighted by atomic mass is 32.1. The average Bonchev–Trinajstić information content (AvgIpc) is 2.34. The van der Waals surface area contributed by atoms with E-state index in [1.807, 2.05) is 0 Å². The largest absolute Gasteiger partial charge is 0.330 e. The van der Waals surface area contributed by atoms with Crippen LogP contribution in [0.3, 0.4) is 0 Å². The van der Waals surface area contributed by atoms with Gasteiger partial charge in [-0.15, -0.1) is 0 Å². The minimum absolute atomic E-state index is 0.736. The molecule has 0 saturated heterocycles. The molecule has 50 valence electrons. The minimum Gasteiger partial charge on any atom is -0.330 e. The van der Waals surface area contributed by atoms with Gasteiger partial charge in [-0.3, -0.25) is 0 Å². The third kappa shape index (κ3) is 2.07. The quantitative estimate of drug-likeness (QED) is 0.667. The Morgan fingerprint density at radius 2 is 2.56 bits per heavy atom. The van der Waals surface area contributed by atoms with Gasteiger partial charge in [0.05, 0.1) is 0 Å². The fourth-order valence-electron chi connectivity index (χ4n) is 0.559. The van der Waals surface area contributed by atoms with Crippen LogP contribution in [0.1, 0.15) is 11.4 Å². The summed E-state index contributed by atoms with van der Waals surface area (Å²) in [7, 11) is 0. The Kier molecular flexibility index (Phi) is 2.60. The van der Waals surface area contributed by atoms with Crippen molar-refractivity contribution in [3.63, 3.8) is 0 Å². The molecule has 0 aliphatic carbocycles.